The van der Waals surface area contributed by atoms with Crippen LogP contribution in [0.3, 0.4) is 0 Å². The molecule has 0 saturated heterocycles. The lowest BCUT2D eigenvalue weighted by atomic mass is 10.2. The van der Waals surface area contributed by atoms with Crippen LogP contribution in [0.1, 0.15) is 11.1 Å². The third kappa shape index (κ3) is 5.29. The highest BCUT2D eigenvalue weighted by Crippen LogP contribution is 2.31. The largest absolute Gasteiger partial charge is 0.489 e. The predicted octanol–water partition coefficient (Wildman–Crippen LogP) is 3.52. The van der Waals surface area contributed by atoms with Crippen LogP contribution < -0.4 is 24.4 Å². The molecule has 3 aromatic carbocycles. The Bertz CT molecular complexity index is 1020. The molecule has 1 heterocycles. The van der Waals surface area contributed by atoms with Crippen molar-refractivity contribution in [2.24, 2.45) is 5.10 Å². The summed E-state index contributed by atoms with van der Waals surface area (Å²) >= 11 is 0. The highest BCUT2D eigenvalue weighted by Gasteiger charge is 2.12. The Kier molecular flexibility index (Phi) is 6.10. The van der Waals surface area contributed by atoms with Gasteiger partial charge in [0.25, 0.3) is 5.91 Å². The van der Waals surface area contributed by atoms with Crippen LogP contribution >= 0.6 is 0 Å². The third-order valence-electron chi connectivity index (χ3n) is 4.24. The van der Waals surface area contributed by atoms with E-state index >= 15 is 0 Å². The molecule has 0 saturated carbocycles. The number of hydrogen-bond donors (Lipinski definition) is 1. The quantitative estimate of drug-likeness (QED) is 0.459. The predicted molar refractivity (Wildman–Crippen MR) is 111 cm³/mol. The molecule has 1 aliphatic rings. The Morgan fingerprint density at radius 1 is 0.933 bits per heavy atom. The summed E-state index contributed by atoms with van der Waals surface area (Å²) in [4.78, 5) is 11.9. The maximum atomic E-state index is 11.9. The molecule has 0 aromatic heterocycles. The molecule has 4 rings (SSSR count). The Morgan fingerprint density at radius 3 is 2.47 bits per heavy atom. The summed E-state index contributed by atoms with van der Waals surface area (Å²) in [5.74, 6) is 2.28. The van der Waals surface area contributed by atoms with Crippen molar-refractivity contribution in [2.45, 2.75) is 6.61 Å². The van der Waals surface area contributed by atoms with Crippen molar-refractivity contribution in [3.05, 3.63) is 83.9 Å². The molecule has 0 atom stereocenters. The highest BCUT2D eigenvalue weighted by atomic mass is 16.7. The molecular formula is C23H20N2O5. The fraction of sp³-hybridized carbons (Fsp3) is 0.130. The van der Waals surface area contributed by atoms with E-state index in [0.717, 1.165) is 16.9 Å². The average Bonchev–Trinajstić information content (AvgIpc) is 3.26. The SMILES string of the molecule is O=C(COc1ccc(OCc2ccccc2)cc1)N/N=C\c1ccc2c(c1)OCO2. The molecule has 7 nitrogen and oxygen atoms in total. The van der Waals surface area contributed by atoms with E-state index in [0.29, 0.717) is 23.9 Å². The van der Waals surface area contributed by atoms with Gasteiger partial charge in [0.1, 0.15) is 18.1 Å². The molecular weight excluding hydrogens is 384 g/mol. The van der Waals surface area contributed by atoms with Gasteiger partial charge in [-0.25, -0.2) is 5.43 Å². The minimum atomic E-state index is -0.364. The normalized spacial score (nSPS) is 12.0. The van der Waals surface area contributed by atoms with Gasteiger partial charge in [0, 0.05) is 0 Å². The first-order valence-corrected chi connectivity index (χ1v) is 9.37. The van der Waals surface area contributed by atoms with Crippen molar-refractivity contribution in [2.75, 3.05) is 13.4 Å². The molecule has 0 fully saturated rings. The Hall–Kier alpha value is -4.00. The molecule has 0 aliphatic carbocycles. The van der Waals surface area contributed by atoms with E-state index in [1.807, 2.05) is 36.4 Å². The van der Waals surface area contributed by atoms with Gasteiger partial charge in [0.05, 0.1) is 6.21 Å². The van der Waals surface area contributed by atoms with E-state index in [1.165, 1.54) is 6.21 Å². The summed E-state index contributed by atoms with van der Waals surface area (Å²) in [6.45, 7) is 0.553. The number of fused-ring (bicyclic) bond motifs is 1. The first-order valence-electron chi connectivity index (χ1n) is 9.37. The van der Waals surface area contributed by atoms with E-state index in [4.69, 9.17) is 18.9 Å². The van der Waals surface area contributed by atoms with Crippen molar-refractivity contribution in [1.29, 1.82) is 0 Å². The number of nitrogens with one attached hydrogen (secondary N) is 1. The molecule has 3 aromatic rings. The van der Waals surface area contributed by atoms with Crippen LogP contribution in [0.25, 0.3) is 0 Å². The fourth-order valence-corrected chi connectivity index (χ4v) is 2.73. The molecule has 0 unspecified atom stereocenters. The Morgan fingerprint density at radius 2 is 1.67 bits per heavy atom. The molecule has 1 aliphatic heterocycles. The van der Waals surface area contributed by atoms with E-state index in [-0.39, 0.29) is 19.3 Å². The van der Waals surface area contributed by atoms with E-state index in [2.05, 4.69) is 10.5 Å². The summed E-state index contributed by atoms with van der Waals surface area (Å²) in [5, 5.41) is 3.93. The molecule has 7 heteroatoms. The zero-order valence-corrected chi connectivity index (χ0v) is 16.1. The van der Waals surface area contributed by atoms with Crippen molar-refractivity contribution in [3.63, 3.8) is 0 Å². The lowest BCUT2D eigenvalue weighted by Crippen LogP contribution is -2.24. The van der Waals surface area contributed by atoms with Crippen LogP contribution in [0.5, 0.6) is 23.0 Å². The number of carbonyl (C=O) groups excluding carboxylic acids is 1. The van der Waals surface area contributed by atoms with Gasteiger partial charge < -0.3 is 18.9 Å². The van der Waals surface area contributed by atoms with Gasteiger partial charge in [0.15, 0.2) is 18.1 Å². The summed E-state index contributed by atoms with van der Waals surface area (Å²) < 4.78 is 21.7. The van der Waals surface area contributed by atoms with Crippen molar-refractivity contribution < 1.29 is 23.7 Å². The number of nitrogens with zero attached hydrogens (tertiary/aromatic N) is 1. The average molecular weight is 404 g/mol. The zero-order valence-electron chi connectivity index (χ0n) is 16.1. The van der Waals surface area contributed by atoms with E-state index in [1.54, 1.807) is 36.4 Å². The monoisotopic (exact) mass is 404 g/mol. The number of benzene rings is 3. The second-order valence-electron chi connectivity index (χ2n) is 6.44. The van der Waals surface area contributed by atoms with E-state index in [9.17, 15) is 4.79 Å². The van der Waals surface area contributed by atoms with Crippen LogP contribution in [0.4, 0.5) is 0 Å². The third-order valence-corrected chi connectivity index (χ3v) is 4.24. The first kappa shape index (κ1) is 19.3. The van der Waals surface area contributed by atoms with Crippen LogP contribution in [-0.2, 0) is 11.4 Å². The number of hydrogen-bond acceptors (Lipinski definition) is 6. The minimum Gasteiger partial charge on any atom is -0.489 e. The summed E-state index contributed by atoms with van der Waals surface area (Å²) in [6, 6.07) is 22.4. The van der Waals surface area contributed by atoms with E-state index < -0.39 is 0 Å². The number of hydrazone groups is 1. The molecule has 152 valence electrons. The minimum absolute atomic E-state index is 0.150. The first-order chi connectivity index (χ1) is 14.8. The standard InChI is InChI=1S/C23H20N2O5/c26-23(25-24-13-18-6-11-21-22(12-18)30-16-29-21)15-28-20-9-7-19(8-10-20)27-14-17-4-2-1-3-5-17/h1-13H,14-16H2,(H,25,26)/b24-13-. The maximum absolute atomic E-state index is 11.9. The van der Waals surface area contributed by atoms with Gasteiger partial charge in [-0.05, 0) is 53.6 Å². The zero-order chi connectivity index (χ0) is 20.6. The van der Waals surface area contributed by atoms with Gasteiger partial charge in [0.2, 0.25) is 6.79 Å². The van der Waals surface area contributed by atoms with Gasteiger partial charge >= 0.3 is 0 Å². The van der Waals surface area contributed by atoms with Crippen molar-refractivity contribution in [1.82, 2.24) is 5.43 Å². The molecule has 1 N–H and O–H groups in total. The van der Waals surface area contributed by atoms with Gasteiger partial charge in [-0.2, -0.15) is 5.10 Å². The van der Waals surface area contributed by atoms with Gasteiger partial charge in [-0.1, -0.05) is 30.3 Å². The second kappa shape index (κ2) is 9.47. The molecule has 30 heavy (non-hydrogen) atoms. The van der Waals surface area contributed by atoms with Crippen LogP contribution in [0.2, 0.25) is 0 Å². The molecule has 0 bridgehead atoms. The molecule has 0 radical (unpaired) electrons. The number of ether oxygens (including phenoxy) is 4. The lowest BCUT2D eigenvalue weighted by molar-refractivity contribution is -0.123. The topological polar surface area (TPSA) is 78.4 Å². The van der Waals surface area contributed by atoms with Crippen molar-refractivity contribution >= 4 is 12.1 Å². The van der Waals surface area contributed by atoms with Crippen LogP contribution in [0, 0.1) is 0 Å². The van der Waals surface area contributed by atoms with Gasteiger partial charge in [-0.15, -0.1) is 0 Å². The van der Waals surface area contributed by atoms with Crippen molar-refractivity contribution in [3.8, 4) is 23.0 Å². The second-order valence-corrected chi connectivity index (χ2v) is 6.44. The summed E-state index contributed by atoms with van der Waals surface area (Å²) in [6.07, 6.45) is 1.53. The summed E-state index contributed by atoms with van der Waals surface area (Å²) in [7, 11) is 0. The number of rotatable bonds is 8. The molecule has 0 spiro atoms. The highest BCUT2D eigenvalue weighted by molar-refractivity contribution is 5.83. The lowest BCUT2D eigenvalue weighted by Gasteiger charge is -2.08. The van der Waals surface area contributed by atoms with Gasteiger partial charge in [-0.3, -0.25) is 4.79 Å². The van der Waals surface area contributed by atoms with Crippen LogP contribution in [0.15, 0.2) is 77.9 Å². The molecule has 1 amide bonds. The number of carbonyl (C=O) groups is 1. The fourth-order valence-electron chi connectivity index (χ4n) is 2.73. The smallest absolute Gasteiger partial charge is 0.277 e. The van der Waals surface area contributed by atoms with Crippen LogP contribution in [-0.4, -0.2) is 25.5 Å². The maximum Gasteiger partial charge on any atom is 0.277 e. The summed E-state index contributed by atoms with van der Waals surface area (Å²) in [5.41, 5.74) is 4.30. The Labute approximate surface area is 173 Å². The number of amides is 1. The Balaban J connectivity index is 1.20.